The Balaban J connectivity index is 1.72. The lowest BCUT2D eigenvalue weighted by atomic mass is 10.2. The maximum absolute atomic E-state index is 12.4. The SMILES string of the molecule is CCOc1ccc(N=Cc2cc(Br)cc(Br)c2OCC(=O)Nc2ccc(C)c(Cl)c2)cc1. The van der Waals surface area contributed by atoms with Gasteiger partial charge in [0.2, 0.25) is 0 Å². The van der Waals surface area contributed by atoms with Crippen LogP contribution in [0.4, 0.5) is 11.4 Å². The van der Waals surface area contributed by atoms with E-state index in [0.717, 1.165) is 21.5 Å². The van der Waals surface area contributed by atoms with Crippen molar-refractivity contribution in [1.82, 2.24) is 0 Å². The highest BCUT2D eigenvalue weighted by atomic mass is 79.9. The molecule has 0 radical (unpaired) electrons. The van der Waals surface area contributed by atoms with Crippen LogP contribution in [0.2, 0.25) is 5.02 Å². The van der Waals surface area contributed by atoms with Crippen molar-refractivity contribution in [1.29, 1.82) is 0 Å². The van der Waals surface area contributed by atoms with Gasteiger partial charge in [-0.05, 0) is 83.9 Å². The zero-order valence-corrected chi connectivity index (χ0v) is 21.4. The molecular weight excluding hydrogens is 560 g/mol. The van der Waals surface area contributed by atoms with Gasteiger partial charge in [0.25, 0.3) is 5.91 Å². The first kappa shape index (κ1) is 24.3. The summed E-state index contributed by atoms with van der Waals surface area (Å²) < 4.78 is 12.8. The number of amides is 1. The largest absolute Gasteiger partial charge is 0.494 e. The van der Waals surface area contributed by atoms with Crippen LogP contribution in [0.3, 0.4) is 0 Å². The van der Waals surface area contributed by atoms with E-state index in [1.165, 1.54) is 0 Å². The Morgan fingerprint density at radius 3 is 2.53 bits per heavy atom. The topological polar surface area (TPSA) is 59.9 Å². The van der Waals surface area contributed by atoms with Crippen molar-refractivity contribution in [3.05, 3.63) is 79.7 Å². The number of carbonyl (C=O) groups is 1. The quantitative estimate of drug-likeness (QED) is 0.284. The van der Waals surface area contributed by atoms with Crippen LogP contribution in [0.1, 0.15) is 18.1 Å². The van der Waals surface area contributed by atoms with Gasteiger partial charge in [-0.3, -0.25) is 9.79 Å². The van der Waals surface area contributed by atoms with Gasteiger partial charge in [0.05, 0.1) is 16.8 Å². The fourth-order valence-corrected chi connectivity index (χ4v) is 4.33. The molecule has 3 aromatic carbocycles. The Morgan fingerprint density at radius 1 is 1.09 bits per heavy atom. The Labute approximate surface area is 209 Å². The Hall–Kier alpha value is -2.35. The fraction of sp³-hybridized carbons (Fsp3) is 0.167. The summed E-state index contributed by atoms with van der Waals surface area (Å²) in [5.74, 6) is 1.01. The molecule has 0 saturated heterocycles. The molecule has 0 bridgehead atoms. The monoisotopic (exact) mass is 578 g/mol. The molecule has 3 aromatic rings. The van der Waals surface area contributed by atoms with E-state index in [1.807, 2.05) is 56.3 Å². The predicted molar refractivity (Wildman–Crippen MR) is 137 cm³/mol. The highest BCUT2D eigenvalue weighted by Crippen LogP contribution is 2.32. The number of aliphatic imine (C=N–C) groups is 1. The standard InChI is InChI=1S/C24H21Br2ClN2O3/c1-3-31-20-8-6-18(7-9-20)28-13-16-10-17(25)11-21(26)24(16)32-14-23(30)29-19-5-4-15(2)22(27)12-19/h4-13H,3,14H2,1-2H3,(H,29,30). The molecular formula is C24H21Br2ClN2O3. The third-order valence-corrected chi connectivity index (χ3v) is 5.79. The number of nitrogens with zero attached hydrogens (tertiary/aromatic N) is 1. The molecule has 0 aromatic heterocycles. The normalized spacial score (nSPS) is 10.9. The second-order valence-electron chi connectivity index (χ2n) is 6.79. The zero-order valence-electron chi connectivity index (χ0n) is 17.5. The van der Waals surface area contributed by atoms with Gasteiger partial charge in [-0.25, -0.2) is 0 Å². The lowest BCUT2D eigenvalue weighted by Gasteiger charge is -2.12. The number of aryl methyl sites for hydroxylation is 1. The molecule has 0 heterocycles. The smallest absolute Gasteiger partial charge is 0.262 e. The van der Waals surface area contributed by atoms with Gasteiger partial charge in [-0.2, -0.15) is 0 Å². The minimum absolute atomic E-state index is 0.171. The molecule has 0 aliphatic carbocycles. The fourth-order valence-electron chi connectivity index (χ4n) is 2.77. The summed E-state index contributed by atoms with van der Waals surface area (Å²) in [6.07, 6.45) is 1.69. The van der Waals surface area contributed by atoms with Crippen molar-refractivity contribution < 1.29 is 14.3 Å². The summed E-state index contributed by atoms with van der Waals surface area (Å²) in [5.41, 5.74) is 3.04. The zero-order chi connectivity index (χ0) is 23.1. The molecule has 8 heteroatoms. The molecule has 0 spiro atoms. The van der Waals surface area contributed by atoms with Crippen molar-refractivity contribution in [2.75, 3.05) is 18.5 Å². The van der Waals surface area contributed by atoms with E-state index >= 15 is 0 Å². The number of anilines is 1. The average Bonchev–Trinajstić information content (AvgIpc) is 2.75. The number of nitrogens with one attached hydrogen (secondary N) is 1. The summed E-state index contributed by atoms with van der Waals surface area (Å²) in [5, 5.41) is 3.38. The van der Waals surface area contributed by atoms with E-state index in [4.69, 9.17) is 21.1 Å². The molecule has 0 saturated carbocycles. The summed E-state index contributed by atoms with van der Waals surface area (Å²) in [6, 6.07) is 16.5. The van der Waals surface area contributed by atoms with Crippen LogP contribution in [0.5, 0.6) is 11.5 Å². The highest BCUT2D eigenvalue weighted by molar-refractivity contribution is 9.11. The van der Waals surface area contributed by atoms with Gasteiger partial charge >= 0.3 is 0 Å². The molecule has 0 fully saturated rings. The number of hydrogen-bond donors (Lipinski definition) is 1. The minimum Gasteiger partial charge on any atom is -0.494 e. The Morgan fingerprint density at radius 2 is 1.84 bits per heavy atom. The second kappa shape index (κ2) is 11.5. The predicted octanol–water partition coefficient (Wildman–Crippen LogP) is 7.34. The van der Waals surface area contributed by atoms with Crippen LogP contribution in [-0.2, 0) is 4.79 Å². The lowest BCUT2D eigenvalue weighted by Crippen LogP contribution is -2.20. The number of carbonyl (C=O) groups excluding carboxylic acids is 1. The van der Waals surface area contributed by atoms with Gasteiger partial charge in [0.15, 0.2) is 6.61 Å². The van der Waals surface area contributed by atoms with Crippen LogP contribution in [0.25, 0.3) is 0 Å². The maximum Gasteiger partial charge on any atom is 0.262 e. The average molecular weight is 581 g/mol. The Bertz CT molecular complexity index is 1130. The van der Waals surface area contributed by atoms with Gasteiger partial charge in [-0.15, -0.1) is 0 Å². The second-order valence-corrected chi connectivity index (χ2v) is 8.97. The first-order valence-corrected chi connectivity index (χ1v) is 11.8. The summed E-state index contributed by atoms with van der Waals surface area (Å²) >= 11 is 13.1. The third-order valence-electron chi connectivity index (χ3n) is 4.34. The van der Waals surface area contributed by atoms with Crippen molar-refractivity contribution >= 4 is 67.0 Å². The number of benzene rings is 3. The van der Waals surface area contributed by atoms with E-state index in [1.54, 1.807) is 18.3 Å². The van der Waals surface area contributed by atoms with Crippen molar-refractivity contribution in [3.63, 3.8) is 0 Å². The van der Waals surface area contributed by atoms with Crippen LogP contribution in [0, 0.1) is 6.92 Å². The third kappa shape index (κ3) is 6.82. The van der Waals surface area contributed by atoms with E-state index < -0.39 is 0 Å². The number of rotatable bonds is 8. The first-order chi connectivity index (χ1) is 15.4. The summed E-state index contributed by atoms with van der Waals surface area (Å²) in [7, 11) is 0. The molecule has 1 N–H and O–H groups in total. The van der Waals surface area contributed by atoms with Gasteiger partial charge in [0, 0.05) is 27.0 Å². The first-order valence-electron chi connectivity index (χ1n) is 9.80. The number of hydrogen-bond acceptors (Lipinski definition) is 4. The van der Waals surface area contributed by atoms with Crippen LogP contribution in [0.15, 0.2) is 68.5 Å². The van der Waals surface area contributed by atoms with Crippen molar-refractivity contribution in [2.45, 2.75) is 13.8 Å². The van der Waals surface area contributed by atoms with Gasteiger partial charge in [0.1, 0.15) is 11.5 Å². The van der Waals surface area contributed by atoms with E-state index in [9.17, 15) is 4.79 Å². The summed E-state index contributed by atoms with van der Waals surface area (Å²) in [6.45, 7) is 4.28. The molecule has 3 rings (SSSR count). The molecule has 0 unspecified atom stereocenters. The molecule has 0 atom stereocenters. The van der Waals surface area contributed by atoms with Crippen LogP contribution >= 0.6 is 43.5 Å². The Kier molecular flexibility index (Phi) is 8.73. The van der Waals surface area contributed by atoms with Crippen molar-refractivity contribution in [2.24, 2.45) is 4.99 Å². The highest BCUT2D eigenvalue weighted by Gasteiger charge is 2.12. The molecule has 1 amide bonds. The lowest BCUT2D eigenvalue weighted by molar-refractivity contribution is -0.118. The molecule has 0 aliphatic rings. The minimum atomic E-state index is -0.297. The number of halogens is 3. The van der Waals surface area contributed by atoms with Gasteiger partial charge < -0.3 is 14.8 Å². The van der Waals surface area contributed by atoms with E-state index in [2.05, 4.69) is 42.2 Å². The van der Waals surface area contributed by atoms with Crippen LogP contribution < -0.4 is 14.8 Å². The van der Waals surface area contributed by atoms with Crippen molar-refractivity contribution in [3.8, 4) is 11.5 Å². The van der Waals surface area contributed by atoms with Crippen LogP contribution in [-0.4, -0.2) is 25.3 Å². The van der Waals surface area contributed by atoms with E-state index in [0.29, 0.717) is 33.1 Å². The molecule has 5 nitrogen and oxygen atoms in total. The summed E-state index contributed by atoms with van der Waals surface area (Å²) in [4.78, 5) is 16.9. The molecule has 0 aliphatic heterocycles. The molecule has 32 heavy (non-hydrogen) atoms. The molecule has 166 valence electrons. The number of ether oxygens (including phenoxy) is 2. The van der Waals surface area contributed by atoms with E-state index in [-0.39, 0.29) is 12.5 Å². The van der Waals surface area contributed by atoms with Gasteiger partial charge in [-0.1, -0.05) is 33.6 Å². The maximum atomic E-state index is 12.4.